The minimum atomic E-state index is -1.97. The first kappa shape index (κ1) is 7.97. The number of carboxylic acids is 1. The van der Waals surface area contributed by atoms with Crippen molar-refractivity contribution in [2.24, 2.45) is 0 Å². The molecular formula is C6H8FNO3. The molecule has 0 aromatic carbocycles. The number of halogens is 1. The second-order valence-electron chi connectivity index (χ2n) is 2.45. The van der Waals surface area contributed by atoms with Crippen LogP contribution < -0.4 is 5.32 Å². The Morgan fingerprint density at radius 3 is 2.82 bits per heavy atom. The fourth-order valence-electron chi connectivity index (χ4n) is 1.03. The molecule has 1 saturated heterocycles. The largest absolute Gasteiger partial charge is 0.479 e. The summed E-state index contributed by atoms with van der Waals surface area (Å²) < 4.78 is 12.6. The van der Waals surface area contributed by atoms with E-state index < -0.39 is 18.2 Å². The van der Waals surface area contributed by atoms with Gasteiger partial charge in [0.2, 0.25) is 12.1 Å². The number of hydrogen-bond acceptors (Lipinski definition) is 2. The summed E-state index contributed by atoms with van der Waals surface area (Å²) in [4.78, 5) is 20.6. The van der Waals surface area contributed by atoms with Crippen molar-refractivity contribution in [3.63, 3.8) is 0 Å². The Labute approximate surface area is 62.4 Å². The highest BCUT2D eigenvalue weighted by molar-refractivity contribution is 5.81. The summed E-state index contributed by atoms with van der Waals surface area (Å²) >= 11 is 0. The van der Waals surface area contributed by atoms with Crippen molar-refractivity contribution in [3.8, 4) is 0 Å². The van der Waals surface area contributed by atoms with Crippen molar-refractivity contribution < 1.29 is 19.1 Å². The summed E-state index contributed by atoms with van der Waals surface area (Å²) in [7, 11) is 0. The first-order valence-electron chi connectivity index (χ1n) is 3.27. The second-order valence-corrected chi connectivity index (χ2v) is 2.45. The van der Waals surface area contributed by atoms with Crippen LogP contribution in [0.3, 0.4) is 0 Å². The highest BCUT2D eigenvalue weighted by Gasteiger charge is 2.33. The van der Waals surface area contributed by atoms with Crippen LogP contribution in [0.25, 0.3) is 0 Å². The van der Waals surface area contributed by atoms with E-state index in [-0.39, 0.29) is 18.7 Å². The van der Waals surface area contributed by atoms with E-state index in [1.165, 1.54) is 0 Å². The molecule has 62 valence electrons. The lowest BCUT2D eigenvalue weighted by Gasteiger charge is -2.10. The zero-order valence-electron chi connectivity index (χ0n) is 5.71. The molecule has 11 heavy (non-hydrogen) atoms. The molecule has 0 aliphatic carbocycles. The fourth-order valence-corrected chi connectivity index (χ4v) is 1.03. The summed E-state index contributed by atoms with van der Waals surface area (Å²) in [6.07, 6.45) is -1.48. The van der Waals surface area contributed by atoms with Gasteiger partial charge in [-0.3, -0.25) is 4.79 Å². The number of aliphatic carboxylic acids is 1. The maximum atomic E-state index is 12.6. The molecule has 1 aliphatic heterocycles. The summed E-state index contributed by atoms with van der Waals surface area (Å²) in [5, 5.41) is 10.4. The molecule has 0 radical (unpaired) electrons. The average Bonchev–Trinajstić information content (AvgIpc) is 2.34. The number of carbonyl (C=O) groups is 2. The molecule has 2 atom stereocenters. The van der Waals surface area contributed by atoms with Crippen molar-refractivity contribution in [3.05, 3.63) is 0 Å². The Morgan fingerprint density at radius 1 is 1.82 bits per heavy atom. The number of rotatable bonds is 2. The Morgan fingerprint density at radius 2 is 2.45 bits per heavy atom. The molecule has 1 amide bonds. The average molecular weight is 161 g/mol. The molecule has 0 saturated carbocycles. The van der Waals surface area contributed by atoms with E-state index in [2.05, 4.69) is 5.32 Å². The summed E-state index contributed by atoms with van der Waals surface area (Å²) in [6.45, 7) is 0. The van der Waals surface area contributed by atoms with Gasteiger partial charge in [0.25, 0.3) is 0 Å². The first-order chi connectivity index (χ1) is 5.11. The van der Waals surface area contributed by atoms with Gasteiger partial charge in [0.05, 0.1) is 6.04 Å². The van der Waals surface area contributed by atoms with Crippen LogP contribution in [0.2, 0.25) is 0 Å². The number of amides is 1. The quantitative estimate of drug-likeness (QED) is 0.583. The summed E-state index contributed by atoms with van der Waals surface area (Å²) in [5.74, 6) is -1.80. The molecule has 4 nitrogen and oxygen atoms in total. The highest BCUT2D eigenvalue weighted by Crippen LogP contribution is 2.12. The molecule has 0 aromatic rings. The van der Waals surface area contributed by atoms with Gasteiger partial charge in [-0.1, -0.05) is 0 Å². The van der Waals surface area contributed by atoms with Crippen molar-refractivity contribution in [1.29, 1.82) is 0 Å². The van der Waals surface area contributed by atoms with Gasteiger partial charge in [-0.2, -0.15) is 0 Å². The van der Waals surface area contributed by atoms with Crippen LogP contribution in [-0.4, -0.2) is 29.2 Å². The molecule has 0 spiro atoms. The standard InChI is InChI=1S/C6H8FNO3/c7-5(6(10)11)3-1-2-4(9)8-3/h3,5H,1-2H2,(H,8,9)(H,10,11). The lowest BCUT2D eigenvalue weighted by Crippen LogP contribution is -2.38. The maximum absolute atomic E-state index is 12.6. The topological polar surface area (TPSA) is 66.4 Å². The van der Waals surface area contributed by atoms with E-state index in [9.17, 15) is 14.0 Å². The van der Waals surface area contributed by atoms with Crippen molar-refractivity contribution in [2.75, 3.05) is 0 Å². The Balaban J connectivity index is 2.49. The fraction of sp³-hybridized carbons (Fsp3) is 0.667. The lowest BCUT2D eigenvalue weighted by molar-refractivity contribution is -0.143. The highest BCUT2D eigenvalue weighted by atomic mass is 19.1. The number of nitrogens with one attached hydrogen (secondary N) is 1. The van der Waals surface area contributed by atoms with Crippen LogP contribution in [-0.2, 0) is 9.59 Å². The van der Waals surface area contributed by atoms with Crippen molar-refractivity contribution in [1.82, 2.24) is 5.32 Å². The van der Waals surface area contributed by atoms with Gasteiger partial charge in [-0.25, -0.2) is 9.18 Å². The number of alkyl halides is 1. The predicted molar refractivity (Wildman–Crippen MR) is 33.7 cm³/mol. The Bertz CT molecular complexity index is 194. The van der Waals surface area contributed by atoms with Gasteiger partial charge in [0, 0.05) is 6.42 Å². The van der Waals surface area contributed by atoms with Crippen LogP contribution in [0.5, 0.6) is 0 Å². The SMILES string of the molecule is O=C1CCC(C(F)C(=O)O)N1. The lowest BCUT2D eigenvalue weighted by atomic mass is 10.1. The smallest absolute Gasteiger partial charge is 0.340 e. The maximum Gasteiger partial charge on any atom is 0.340 e. The minimum absolute atomic E-state index is 0.221. The molecule has 1 rings (SSSR count). The van der Waals surface area contributed by atoms with Gasteiger partial charge in [-0.05, 0) is 6.42 Å². The first-order valence-corrected chi connectivity index (χ1v) is 3.27. The third-order valence-electron chi connectivity index (χ3n) is 1.62. The van der Waals surface area contributed by atoms with Crippen LogP contribution >= 0.6 is 0 Å². The predicted octanol–water partition coefficient (Wildman–Crippen LogP) is -0.312. The molecule has 1 fully saturated rings. The van der Waals surface area contributed by atoms with Crippen LogP contribution in [0.1, 0.15) is 12.8 Å². The van der Waals surface area contributed by atoms with Crippen LogP contribution in [0.15, 0.2) is 0 Å². The van der Waals surface area contributed by atoms with Gasteiger partial charge in [-0.15, -0.1) is 0 Å². The van der Waals surface area contributed by atoms with Gasteiger partial charge >= 0.3 is 5.97 Å². The van der Waals surface area contributed by atoms with E-state index in [0.29, 0.717) is 0 Å². The summed E-state index contributed by atoms with van der Waals surface area (Å²) in [6, 6.07) is -0.833. The Kier molecular flexibility index (Phi) is 2.07. The van der Waals surface area contributed by atoms with E-state index in [1.54, 1.807) is 0 Å². The molecular weight excluding hydrogens is 153 g/mol. The molecule has 5 heteroatoms. The monoisotopic (exact) mass is 161 g/mol. The summed E-state index contributed by atoms with van der Waals surface area (Å²) in [5.41, 5.74) is 0. The van der Waals surface area contributed by atoms with Crippen molar-refractivity contribution >= 4 is 11.9 Å². The van der Waals surface area contributed by atoms with Gasteiger partial charge < -0.3 is 10.4 Å². The van der Waals surface area contributed by atoms with Crippen molar-refractivity contribution in [2.45, 2.75) is 25.1 Å². The molecule has 2 N–H and O–H groups in total. The van der Waals surface area contributed by atoms with E-state index in [1.807, 2.05) is 0 Å². The van der Waals surface area contributed by atoms with E-state index >= 15 is 0 Å². The van der Waals surface area contributed by atoms with E-state index in [4.69, 9.17) is 5.11 Å². The molecule has 0 bridgehead atoms. The molecule has 0 aromatic heterocycles. The normalized spacial score (nSPS) is 26.3. The molecule has 1 aliphatic rings. The van der Waals surface area contributed by atoms with Crippen LogP contribution in [0.4, 0.5) is 4.39 Å². The molecule has 1 heterocycles. The van der Waals surface area contributed by atoms with Gasteiger partial charge in [0.1, 0.15) is 0 Å². The zero-order valence-corrected chi connectivity index (χ0v) is 5.71. The van der Waals surface area contributed by atoms with Gasteiger partial charge in [0.15, 0.2) is 0 Å². The van der Waals surface area contributed by atoms with E-state index in [0.717, 1.165) is 0 Å². The zero-order chi connectivity index (χ0) is 8.43. The number of carboxylic acid groups (broad SMARTS) is 1. The third kappa shape index (κ3) is 1.66. The third-order valence-corrected chi connectivity index (χ3v) is 1.62. The number of carbonyl (C=O) groups excluding carboxylic acids is 1. The van der Waals surface area contributed by atoms with Crippen LogP contribution in [0, 0.1) is 0 Å². The second kappa shape index (κ2) is 2.86. The molecule has 2 unspecified atom stereocenters. The number of hydrogen-bond donors (Lipinski definition) is 2. The minimum Gasteiger partial charge on any atom is -0.479 e. The Hall–Kier alpha value is -1.13.